The monoisotopic (exact) mass is 376 g/mol. The SMILES string of the molecule is CC(C)[C@H]1OC[C@@H](OCc2ccccc2CC(Cl)Cl)[C@@H](C(C)O)O1. The standard InChI is InChI=1S/C18H26Cl2O4/c1-11(2)18-23-10-15(17(24-18)12(3)21)22-9-14-7-5-4-6-13(14)8-16(19)20/h4-7,11-12,15-18,21H,8-10H2,1-3H3/t12?,15-,17-,18+/m1/s1. The smallest absolute Gasteiger partial charge is 0.160 e. The van der Waals surface area contributed by atoms with E-state index in [9.17, 15) is 5.11 Å². The molecule has 0 amide bonds. The molecule has 0 saturated carbocycles. The number of halogens is 2. The highest BCUT2D eigenvalue weighted by Gasteiger charge is 2.36. The molecule has 0 aliphatic carbocycles. The van der Waals surface area contributed by atoms with Crippen molar-refractivity contribution in [1.82, 2.24) is 0 Å². The van der Waals surface area contributed by atoms with Crippen molar-refractivity contribution in [1.29, 1.82) is 0 Å². The van der Waals surface area contributed by atoms with E-state index in [0.717, 1.165) is 11.1 Å². The van der Waals surface area contributed by atoms with Crippen molar-refractivity contribution < 1.29 is 19.3 Å². The van der Waals surface area contributed by atoms with Crippen molar-refractivity contribution in [3.8, 4) is 0 Å². The second kappa shape index (κ2) is 9.37. The highest BCUT2D eigenvalue weighted by atomic mass is 35.5. The van der Waals surface area contributed by atoms with Gasteiger partial charge in [-0.2, -0.15) is 0 Å². The summed E-state index contributed by atoms with van der Waals surface area (Å²) in [6, 6.07) is 7.89. The van der Waals surface area contributed by atoms with Gasteiger partial charge in [0, 0.05) is 12.3 Å². The molecule has 1 N–H and O–H groups in total. The van der Waals surface area contributed by atoms with Gasteiger partial charge in [-0.15, -0.1) is 23.2 Å². The number of hydrogen-bond donors (Lipinski definition) is 1. The third kappa shape index (κ3) is 5.58. The minimum absolute atomic E-state index is 0.220. The third-order valence-electron chi connectivity index (χ3n) is 4.05. The van der Waals surface area contributed by atoms with Crippen LogP contribution in [0.4, 0.5) is 0 Å². The molecule has 0 radical (unpaired) electrons. The van der Waals surface area contributed by atoms with Gasteiger partial charge in [0.25, 0.3) is 0 Å². The molecule has 1 aromatic rings. The second-order valence-corrected chi connectivity index (χ2v) is 7.78. The fourth-order valence-electron chi connectivity index (χ4n) is 2.74. The molecule has 1 aromatic carbocycles. The summed E-state index contributed by atoms with van der Waals surface area (Å²) >= 11 is 11.8. The van der Waals surface area contributed by atoms with E-state index >= 15 is 0 Å². The van der Waals surface area contributed by atoms with Crippen LogP contribution in [0.15, 0.2) is 24.3 Å². The van der Waals surface area contributed by atoms with Gasteiger partial charge in [0.15, 0.2) is 6.29 Å². The van der Waals surface area contributed by atoms with Crippen LogP contribution in [0.5, 0.6) is 0 Å². The predicted molar refractivity (Wildman–Crippen MR) is 95.3 cm³/mol. The first-order valence-corrected chi connectivity index (χ1v) is 9.17. The molecule has 4 nitrogen and oxygen atoms in total. The second-order valence-electron chi connectivity index (χ2n) is 6.50. The molecule has 1 heterocycles. The lowest BCUT2D eigenvalue weighted by molar-refractivity contribution is -0.291. The Morgan fingerprint density at radius 1 is 1.21 bits per heavy atom. The zero-order chi connectivity index (χ0) is 17.7. The summed E-state index contributed by atoms with van der Waals surface area (Å²) in [5.41, 5.74) is 2.08. The van der Waals surface area contributed by atoms with Gasteiger partial charge in [0.2, 0.25) is 0 Å². The van der Waals surface area contributed by atoms with Crippen molar-refractivity contribution in [3.05, 3.63) is 35.4 Å². The minimum Gasteiger partial charge on any atom is -0.391 e. The highest BCUT2D eigenvalue weighted by molar-refractivity contribution is 6.44. The molecule has 6 heteroatoms. The number of ether oxygens (including phenoxy) is 3. The molecule has 1 saturated heterocycles. The van der Waals surface area contributed by atoms with Crippen LogP contribution in [0.3, 0.4) is 0 Å². The van der Waals surface area contributed by atoms with E-state index in [1.807, 2.05) is 38.1 Å². The molecule has 0 bridgehead atoms. The zero-order valence-electron chi connectivity index (χ0n) is 14.3. The van der Waals surface area contributed by atoms with Crippen LogP contribution >= 0.6 is 23.2 Å². The number of aliphatic hydroxyl groups is 1. The molecule has 4 atom stereocenters. The predicted octanol–water partition coefficient (Wildman–Crippen LogP) is 3.70. The number of alkyl halides is 2. The van der Waals surface area contributed by atoms with E-state index in [1.165, 1.54) is 0 Å². The third-order valence-corrected chi connectivity index (χ3v) is 4.36. The van der Waals surface area contributed by atoms with Gasteiger partial charge in [0.05, 0.1) is 19.3 Å². The van der Waals surface area contributed by atoms with Crippen LogP contribution < -0.4 is 0 Å². The minimum atomic E-state index is -0.634. The van der Waals surface area contributed by atoms with Gasteiger partial charge >= 0.3 is 0 Å². The molecule has 24 heavy (non-hydrogen) atoms. The van der Waals surface area contributed by atoms with Crippen LogP contribution in [-0.2, 0) is 27.2 Å². The molecule has 1 aliphatic heterocycles. The number of benzene rings is 1. The topological polar surface area (TPSA) is 47.9 Å². The number of hydrogen-bond acceptors (Lipinski definition) is 4. The van der Waals surface area contributed by atoms with Gasteiger partial charge in [-0.25, -0.2) is 0 Å². The average molecular weight is 377 g/mol. The molecular weight excluding hydrogens is 351 g/mol. The van der Waals surface area contributed by atoms with Crippen LogP contribution in [-0.4, -0.2) is 41.2 Å². The van der Waals surface area contributed by atoms with Crippen LogP contribution in [0.25, 0.3) is 0 Å². The van der Waals surface area contributed by atoms with Gasteiger partial charge in [0.1, 0.15) is 17.0 Å². The highest BCUT2D eigenvalue weighted by Crippen LogP contribution is 2.25. The largest absolute Gasteiger partial charge is 0.391 e. The number of aliphatic hydroxyl groups excluding tert-OH is 1. The Bertz CT molecular complexity index is 508. The molecule has 1 unspecified atom stereocenters. The van der Waals surface area contributed by atoms with Crippen molar-refractivity contribution in [2.75, 3.05) is 6.61 Å². The van der Waals surface area contributed by atoms with E-state index in [-0.39, 0.29) is 18.3 Å². The molecular formula is C18H26Cl2O4. The summed E-state index contributed by atoms with van der Waals surface area (Å²) in [4.78, 5) is -0.454. The Morgan fingerprint density at radius 2 is 1.88 bits per heavy atom. The van der Waals surface area contributed by atoms with E-state index in [2.05, 4.69) is 0 Å². The summed E-state index contributed by atoms with van der Waals surface area (Å²) in [6.07, 6.45) is -1.12. The maximum Gasteiger partial charge on any atom is 0.160 e. The zero-order valence-corrected chi connectivity index (χ0v) is 15.8. The lowest BCUT2D eigenvalue weighted by atomic mass is 10.0. The lowest BCUT2D eigenvalue weighted by Gasteiger charge is -2.39. The molecule has 2 rings (SSSR count). The Hall–Kier alpha value is -0.360. The van der Waals surface area contributed by atoms with Crippen molar-refractivity contribution in [2.24, 2.45) is 5.92 Å². The van der Waals surface area contributed by atoms with Gasteiger partial charge in [-0.3, -0.25) is 0 Å². The average Bonchev–Trinajstić information content (AvgIpc) is 2.53. The molecule has 1 fully saturated rings. The fourth-order valence-corrected chi connectivity index (χ4v) is 3.08. The normalized spacial score (nSPS) is 26.1. The first-order chi connectivity index (χ1) is 11.4. The fraction of sp³-hybridized carbons (Fsp3) is 0.667. The van der Waals surface area contributed by atoms with Crippen LogP contribution in [0.2, 0.25) is 0 Å². The quantitative estimate of drug-likeness (QED) is 0.737. The molecule has 1 aliphatic rings. The first-order valence-electron chi connectivity index (χ1n) is 8.30. The summed E-state index contributed by atoms with van der Waals surface area (Å²) in [6.45, 7) is 6.55. The Kier molecular flexibility index (Phi) is 7.79. The maximum atomic E-state index is 10.0. The summed E-state index contributed by atoms with van der Waals surface area (Å²) in [5.74, 6) is 0.220. The summed E-state index contributed by atoms with van der Waals surface area (Å²) in [7, 11) is 0. The van der Waals surface area contributed by atoms with Crippen molar-refractivity contribution >= 4 is 23.2 Å². The summed E-state index contributed by atoms with van der Waals surface area (Å²) in [5, 5.41) is 10.0. The molecule has 0 aromatic heterocycles. The van der Waals surface area contributed by atoms with E-state index in [0.29, 0.717) is 19.6 Å². The van der Waals surface area contributed by atoms with Crippen molar-refractivity contribution in [2.45, 2.75) is 63.2 Å². The van der Waals surface area contributed by atoms with Gasteiger partial charge in [-0.05, 0) is 18.1 Å². The molecule has 136 valence electrons. The summed E-state index contributed by atoms with van der Waals surface area (Å²) < 4.78 is 17.6. The van der Waals surface area contributed by atoms with E-state index in [4.69, 9.17) is 37.4 Å². The molecule has 0 spiro atoms. The lowest BCUT2D eigenvalue weighted by Crippen LogP contribution is -2.51. The van der Waals surface area contributed by atoms with Crippen molar-refractivity contribution in [3.63, 3.8) is 0 Å². The Balaban J connectivity index is 2.00. The van der Waals surface area contributed by atoms with E-state index < -0.39 is 17.0 Å². The van der Waals surface area contributed by atoms with Gasteiger partial charge in [-0.1, -0.05) is 38.1 Å². The number of rotatable bonds is 7. The van der Waals surface area contributed by atoms with Crippen LogP contribution in [0, 0.1) is 5.92 Å². The Morgan fingerprint density at radius 3 is 2.46 bits per heavy atom. The van der Waals surface area contributed by atoms with E-state index in [1.54, 1.807) is 6.92 Å². The Labute approximate surface area is 154 Å². The van der Waals surface area contributed by atoms with Gasteiger partial charge < -0.3 is 19.3 Å². The maximum absolute atomic E-state index is 10.0. The van der Waals surface area contributed by atoms with Crippen LogP contribution in [0.1, 0.15) is 31.9 Å². The first kappa shape index (κ1) is 20.0.